The number of rotatable bonds is 7. The summed E-state index contributed by atoms with van der Waals surface area (Å²) in [6.45, 7) is 10.6. The number of hydrogen-bond donors (Lipinski definition) is 1. The lowest BCUT2D eigenvalue weighted by atomic mass is 10.1. The average Bonchev–Trinajstić information content (AvgIpc) is 2.97. The van der Waals surface area contributed by atoms with Crippen molar-refractivity contribution < 1.29 is 24.2 Å². The number of carbonyl (C=O) groups is 1. The number of aromatic nitrogens is 2. The van der Waals surface area contributed by atoms with E-state index in [1.807, 2.05) is 19.1 Å². The lowest BCUT2D eigenvalue weighted by Crippen LogP contribution is -2.26. The van der Waals surface area contributed by atoms with Gasteiger partial charge in [-0.1, -0.05) is 24.5 Å². The van der Waals surface area contributed by atoms with Crippen molar-refractivity contribution in [2.24, 2.45) is 0 Å². The minimum absolute atomic E-state index is 0.00655. The van der Waals surface area contributed by atoms with Crippen molar-refractivity contribution in [2.75, 3.05) is 19.8 Å². The van der Waals surface area contributed by atoms with Crippen LogP contribution < -0.4 is 9.57 Å². The van der Waals surface area contributed by atoms with E-state index in [-0.39, 0.29) is 11.8 Å². The SMILES string of the molecule is Cc1c(OC2CCOCC2)ccc2c1c(C(=O)O)nn2OCC[Si](C)(C)C. The third kappa shape index (κ3) is 4.62. The van der Waals surface area contributed by atoms with Gasteiger partial charge >= 0.3 is 5.97 Å². The van der Waals surface area contributed by atoms with E-state index in [1.165, 1.54) is 4.85 Å². The van der Waals surface area contributed by atoms with Crippen molar-refractivity contribution in [3.8, 4) is 5.75 Å². The van der Waals surface area contributed by atoms with Gasteiger partial charge in [-0.25, -0.2) is 4.79 Å². The van der Waals surface area contributed by atoms with Crippen LogP contribution in [0.1, 0.15) is 28.9 Å². The Hall–Kier alpha value is -2.06. The molecule has 1 aliphatic heterocycles. The summed E-state index contributed by atoms with van der Waals surface area (Å²) in [6, 6.07) is 4.67. The number of ether oxygens (including phenoxy) is 2. The van der Waals surface area contributed by atoms with Gasteiger partial charge in [-0.15, -0.1) is 5.10 Å². The van der Waals surface area contributed by atoms with E-state index in [4.69, 9.17) is 14.3 Å². The highest BCUT2D eigenvalue weighted by Gasteiger charge is 2.23. The molecule has 1 aromatic carbocycles. The second kappa shape index (κ2) is 7.90. The van der Waals surface area contributed by atoms with E-state index in [0.717, 1.165) is 24.4 Å². The van der Waals surface area contributed by atoms with E-state index in [2.05, 4.69) is 24.7 Å². The molecule has 27 heavy (non-hydrogen) atoms. The summed E-state index contributed by atoms with van der Waals surface area (Å²) in [4.78, 5) is 18.9. The topological polar surface area (TPSA) is 82.8 Å². The van der Waals surface area contributed by atoms with Crippen LogP contribution in [-0.2, 0) is 4.74 Å². The highest BCUT2D eigenvalue weighted by Crippen LogP contribution is 2.31. The molecule has 1 aliphatic rings. The molecule has 0 aliphatic carbocycles. The van der Waals surface area contributed by atoms with Crippen molar-refractivity contribution in [3.05, 3.63) is 23.4 Å². The molecule has 7 nitrogen and oxygen atoms in total. The Balaban J connectivity index is 1.90. The summed E-state index contributed by atoms with van der Waals surface area (Å²) in [5.74, 6) is -0.377. The van der Waals surface area contributed by atoms with Crippen LogP contribution in [0, 0.1) is 6.92 Å². The molecular formula is C19H28N2O5Si. The van der Waals surface area contributed by atoms with Gasteiger partial charge in [-0.2, -0.15) is 0 Å². The van der Waals surface area contributed by atoms with Gasteiger partial charge in [-0.3, -0.25) is 0 Å². The number of fused-ring (bicyclic) bond motifs is 1. The predicted molar refractivity (Wildman–Crippen MR) is 105 cm³/mol. The number of carboxylic acid groups (broad SMARTS) is 1. The first kappa shape index (κ1) is 19.7. The number of aromatic carboxylic acids is 1. The zero-order valence-corrected chi connectivity index (χ0v) is 17.4. The van der Waals surface area contributed by atoms with Gasteiger partial charge in [0.15, 0.2) is 5.69 Å². The second-order valence-corrected chi connectivity index (χ2v) is 13.8. The van der Waals surface area contributed by atoms with Crippen LogP contribution in [0.5, 0.6) is 5.75 Å². The number of benzene rings is 1. The zero-order chi connectivity index (χ0) is 19.6. The smallest absolute Gasteiger partial charge is 0.357 e. The Labute approximate surface area is 160 Å². The average molecular weight is 393 g/mol. The molecule has 8 heteroatoms. The lowest BCUT2D eigenvalue weighted by molar-refractivity contribution is 0.0253. The summed E-state index contributed by atoms with van der Waals surface area (Å²) in [5.41, 5.74) is 1.42. The lowest BCUT2D eigenvalue weighted by Gasteiger charge is -2.24. The third-order valence-corrected chi connectivity index (χ3v) is 6.46. The first-order chi connectivity index (χ1) is 12.8. The van der Waals surface area contributed by atoms with Crippen LogP contribution in [0.25, 0.3) is 10.9 Å². The molecule has 0 spiro atoms. The van der Waals surface area contributed by atoms with Crippen molar-refractivity contribution in [2.45, 2.75) is 51.6 Å². The van der Waals surface area contributed by atoms with Crippen molar-refractivity contribution >= 4 is 24.9 Å². The Kier molecular flexibility index (Phi) is 5.76. The third-order valence-electron chi connectivity index (χ3n) is 4.76. The zero-order valence-electron chi connectivity index (χ0n) is 16.4. The Morgan fingerprint density at radius 2 is 2.04 bits per heavy atom. The van der Waals surface area contributed by atoms with Crippen LogP contribution in [0.3, 0.4) is 0 Å². The second-order valence-electron chi connectivity index (χ2n) is 8.18. The highest BCUT2D eigenvalue weighted by molar-refractivity contribution is 6.76. The first-order valence-electron chi connectivity index (χ1n) is 9.39. The highest BCUT2D eigenvalue weighted by atomic mass is 28.3. The molecule has 1 aromatic heterocycles. The van der Waals surface area contributed by atoms with Gasteiger partial charge in [0, 0.05) is 31.9 Å². The monoisotopic (exact) mass is 392 g/mol. The molecule has 0 bridgehead atoms. The van der Waals surface area contributed by atoms with Crippen molar-refractivity contribution in [1.29, 1.82) is 0 Å². The van der Waals surface area contributed by atoms with Gasteiger partial charge in [0.25, 0.3) is 0 Å². The van der Waals surface area contributed by atoms with Crippen molar-refractivity contribution in [3.63, 3.8) is 0 Å². The summed E-state index contributed by atoms with van der Waals surface area (Å²) >= 11 is 0. The van der Waals surface area contributed by atoms with E-state index >= 15 is 0 Å². The molecule has 2 heterocycles. The molecule has 2 aromatic rings. The summed E-state index contributed by atoms with van der Waals surface area (Å²) < 4.78 is 11.5. The Morgan fingerprint density at radius 3 is 2.67 bits per heavy atom. The molecule has 0 radical (unpaired) electrons. The van der Waals surface area contributed by atoms with Crippen LogP contribution in [0.4, 0.5) is 0 Å². The van der Waals surface area contributed by atoms with E-state index < -0.39 is 14.0 Å². The molecule has 0 atom stereocenters. The van der Waals surface area contributed by atoms with Crippen LogP contribution in [0.2, 0.25) is 25.7 Å². The number of carboxylic acids is 1. The molecule has 1 fully saturated rings. The van der Waals surface area contributed by atoms with Crippen LogP contribution in [0.15, 0.2) is 12.1 Å². The van der Waals surface area contributed by atoms with Crippen LogP contribution >= 0.6 is 0 Å². The largest absolute Gasteiger partial charge is 0.490 e. The Morgan fingerprint density at radius 1 is 1.33 bits per heavy atom. The van der Waals surface area contributed by atoms with Gasteiger partial charge in [0.1, 0.15) is 24.0 Å². The standard InChI is InChI=1S/C19H28N2O5Si/c1-13-16(26-14-7-9-24-10-8-14)6-5-15-17(13)18(19(22)23)20-21(15)25-11-12-27(2,3)4/h5-6,14H,7-12H2,1-4H3,(H,22,23). The minimum Gasteiger partial charge on any atom is -0.490 e. The normalized spacial score (nSPS) is 15.9. The Bertz CT molecular complexity index is 822. The van der Waals surface area contributed by atoms with E-state index in [9.17, 15) is 9.90 Å². The summed E-state index contributed by atoms with van der Waals surface area (Å²) in [6.07, 6.45) is 1.76. The molecule has 0 amide bonds. The molecular weight excluding hydrogens is 364 g/mol. The maximum absolute atomic E-state index is 11.7. The molecule has 148 valence electrons. The maximum Gasteiger partial charge on any atom is 0.357 e. The van der Waals surface area contributed by atoms with E-state index in [1.54, 1.807) is 0 Å². The number of nitrogens with zero attached hydrogens (tertiary/aromatic N) is 2. The number of hydrogen-bond acceptors (Lipinski definition) is 5. The molecule has 0 unspecified atom stereocenters. The predicted octanol–water partition coefficient (Wildman–Crippen LogP) is 3.37. The molecule has 1 saturated heterocycles. The van der Waals surface area contributed by atoms with Crippen molar-refractivity contribution in [1.82, 2.24) is 9.94 Å². The van der Waals surface area contributed by atoms with E-state index in [0.29, 0.717) is 36.5 Å². The van der Waals surface area contributed by atoms with Gasteiger partial charge < -0.3 is 19.4 Å². The van der Waals surface area contributed by atoms with Gasteiger partial charge in [-0.05, 0) is 25.1 Å². The quantitative estimate of drug-likeness (QED) is 0.728. The molecule has 3 rings (SSSR count). The fourth-order valence-corrected chi connectivity index (χ4v) is 3.82. The molecule has 0 saturated carbocycles. The van der Waals surface area contributed by atoms with Gasteiger partial charge in [0.2, 0.25) is 0 Å². The fraction of sp³-hybridized carbons (Fsp3) is 0.579. The summed E-state index contributed by atoms with van der Waals surface area (Å²) in [5, 5.41) is 14.4. The minimum atomic E-state index is -1.25. The molecule has 1 N–H and O–H groups in total. The fourth-order valence-electron chi connectivity index (χ4n) is 3.12. The van der Waals surface area contributed by atoms with Gasteiger partial charge in [0.05, 0.1) is 13.2 Å². The first-order valence-corrected chi connectivity index (χ1v) is 13.1. The maximum atomic E-state index is 11.7. The number of aryl methyl sites for hydroxylation is 1. The summed E-state index contributed by atoms with van der Waals surface area (Å²) in [7, 11) is -1.25. The van der Waals surface area contributed by atoms with Crippen LogP contribution in [-0.4, -0.2) is 55.0 Å².